The third-order valence-corrected chi connectivity index (χ3v) is 10.2. The van der Waals surface area contributed by atoms with Crippen LogP contribution < -0.4 is 9.64 Å². The number of phenolic OH excluding ortho intramolecular Hbond substituents is 1. The maximum Gasteiger partial charge on any atom is 0.346 e. The van der Waals surface area contributed by atoms with Gasteiger partial charge in [-0.05, 0) is 69.3 Å². The third kappa shape index (κ3) is 5.16. The number of nitrogens with zero attached hydrogens (tertiary/aromatic N) is 9. The van der Waals surface area contributed by atoms with Crippen LogP contribution in [0.15, 0.2) is 43.1 Å². The number of fused-ring (bicyclic) bond motifs is 2. The number of likely N-dealkylation sites (N-methyl/N-ethyl adjacent to an activating group) is 1. The predicted octanol–water partition coefficient (Wildman–Crippen LogP) is 4.59. The normalized spacial score (nSPS) is 21.0. The van der Waals surface area contributed by atoms with Gasteiger partial charge in [-0.2, -0.15) is 19.7 Å². The summed E-state index contributed by atoms with van der Waals surface area (Å²) in [4.78, 5) is 37.2. The summed E-state index contributed by atoms with van der Waals surface area (Å²) < 4.78 is 39.2. The molecular formula is C35H33F2N9O3. The van der Waals surface area contributed by atoms with Crippen molar-refractivity contribution in [2.24, 2.45) is 0 Å². The lowest BCUT2D eigenvalue weighted by atomic mass is 9.78. The number of terminal acetylenes is 1. The lowest BCUT2D eigenvalue weighted by Crippen LogP contribution is -2.69. The first-order valence-corrected chi connectivity index (χ1v) is 16.3. The quantitative estimate of drug-likeness (QED) is 0.267. The molecule has 1 spiro atoms. The van der Waals surface area contributed by atoms with Gasteiger partial charge in [-0.1, -0.05) is 12.0 Å². The number of likely N-dealkylation sites (tertiary alicyclic amines) is 2. The smallest absolute Gasteiger partial charge is 0.346 e. The number of anilines is 1. The van der Waals surface area contributed by atoms with Crippen LogP contribution in [0, 0.1) is 24.0 Å². The van der Waals surface area contributed by atoms with Gasteiger partial charge in [0, 0.05) is 42.8 Å². The first kappa shape index (κ1) is 30.9. The van der Waals surface area contributed by atoms with E-state index in [0.29, 0.717) is 42.8 Å². The Balaban J connectivity index is 1.24. The molecule has 8 rings (SSSR count). The summed E-state index contributed by atoms with van der Waals surface area (Å²) in [5.74, 6) is 1.22. The third-order valence-electron chi connectivity index (χ3n) is 10.2. The number of aromatic hydroxyl groups is 1. The monoisotopic (exact) mass is 665 g/mol. The molecule has 0 saturated carbocycles. The Bertz CT molecular complexity index is 2150. The molecule has 3 aromatic heterocycles. The number of benzene rings is 2. The van der Waals surface area contributed by atoms with Crippen molar-refractivity contribution < 1.29 is 23.4 Å². The first-order chi connectivity index (χ1) is 23.8. The molecule has 250 valence electrons. The number of carbonyl (C=O) groups is 1. The summed E-state index contributed by atoms with van der Waals surface area (Å²) in [6.07, 6.45) is 14.3. The molecule has 2 atom stereocenters. The van der Waals surface area contributed by atoms with Crippen LogP contribution in [0.25, 0.3) is 32.9 Å². The van der Waals surface area contributed by atoms with Crippen molar-refractivity contribution in [3.8, 4) is 35.4 Å². The number of aromatic nitrogens is 6. The van der Waals surface area contributed by atoms with Crippen LogP contribution in [0.1, 0.15) is 37.7 Å². The van der Waals surface area contributed by atoms with Crippen LogP contribution in [-0.2, 0) is 0 Å². The number of ether oxygens (including phenoxy) is 1. The van der Waals surface area contributed by atoms with Gasteiger partial charge in [0.2, 0.25) is 0 Å². The van der Waals surface area contributed by atoms with Gasteiger partial charge in [-0.15, -0.1) is 6.42 Å². The second-order valence-electron chi connectivity index (χ2n) is 13.0. The number of rotatable bonds is 5. The van der Waals surface area contributed by atoms with Crippen molar-refractivity contribution in [1.82, 2.24) is 39.5 Å². The Hall–Kier alpha value is -5.42. The molecule has 1 amide bonds. The number of halogens is 2. The molecule has 3 saturated heterocycles. The molecule has 5 aromatic rings. The van der Waals surface area contributed by atoms with E-state index in [2.05, 4.69) is 30.9 Å². The molecule has 3 aliphatic rings. The van der Waals surface area contributed by atoms with Gasteiger partial charge in [0.05, 0.1) is 16.5 Å². The number of phenols is 1. The highest BCUT2D eigenvalue weighted by Crippen LogP contribution is 2.43. The SMILES string of the molecule is C#Cc1c(F)ccc2cc(O)cc(-c3ncc4c(N5CCC[C@]6(CCN6C(=O)n6cncn6)C5)nc(OC[C@@H]5CCCN5C)nc4c3F)c12. The summed E-state index contributed by atoms with van der Waals surface area (Å²) >= 11 is 0. The van der Waals surface area contributed by atoms with E-state index in [4.69, 9.17) is 16.1 Å². The average molecular weight is 666 g/mol. The van der Waals surface area contributed by atoms with E-state index in [0.717, 1.165) is 38.6 Å². The van der Waals surface area contributed by atoms with Crippen molar-refractivity contribution in [3.63, 3.8) is 0 Å². The number of piperidine rings is 1. The summed E-state index contributed by atoms with van der Waals surface area (Å²) in [5.41, 5.74) is -0.588. The zero-order valence-electron chi connectivity index (χ0n) is 26.8. The van der Waals surface area contributed by atoms with Gasteiger partial charge < -0.3 is 24.5 Å². The number of carbonyl (C=O) groups excluding carboxylic acids is 1. The zero-order valence-corrected chi connectivity index (χ0v) is 26.8. The largest absolute Gasteiger partial charge is 0.508 e. The highest BCUT2D eigenvalue weighted by atomic mass is 19.1. The van der Waals surface area contributed by atoms with Gasteiger partial charge in [-0.25, -0.2) is 18.6 Å². The number of amides is 1. The van der Waals surface area contributed by atoms with Crippen molar-refractivity contribution in [2.45, 2.75) is 43.7 Å². The number of hydrogen-bond acceptors (Lipinski definition) is 10. The molecule has 6 heterocycles. The molecule has 1 N–H and O–H groups in total. The van der Waals surface area contributed by atoms with Crippen LogP contribution in [0.5, 0.6) is 11.8 Å². The molecule has 0 aliphatic carbocycles. The summed E-state index contributed by atoms with van der Waals surface area (Å²) in [5, 5.41) is 15.6. The van der Waals surface area contributed by atoms with E-state index in [9.17, 15) is 14.3 Å². The Kier molecular flexibility index (Phi) is 7.51. The Morgan fingerprint density at radius 1 is 1.16 bits per heavy atom. The summed E-state index contributed by atoms with van der Waals surface area (Å²) in [7, 11) is 2.04. The second-order valence-corrected chi connectivity index (χ2v) is 13.0. The van der Waals surface area contributed by atoms with Crippen LogP contribution >= 0.6 is 0 Å². The Morgan fingerprint density at radius 2 is 2.04 bits per heavy atom. The fraction of sp³-hybridized carbons (Fsp3) is 0.371. The number of pyridine rings is 1. The topological polar surface area (TPSA) is 126 Å². The Labute approximate surface area is 280 Å². The predicted molar refractivity (Wildman–Crippen MR) is 177 cm³/mol. The molecule has 49 heavy (non-hydrogen) atoms. The van der Waals surface area contributed by atoms with Crippen LogP contribution in [0.2, 0.25) is 0 Å². The van der Waals surface area contributed by atoms with Gasteiger partial charge in [0.1, 0.15) is 47.9 Å². The van der Waals surface area contributed by atoms with Crippen molar-refractivity contribution >= 4 is 33.5 Å². The van der Waals surface area contributed by atoms with Gasteiger partial charge in [-0.3, -0.25) is 4.98 Å². The number of hydrogen-bond donors (Lipinski definition) is 1. The molecule has 3 fully saturated rings. The minimum atomic E-state index is -0.790. The molecule has 0 unspecified atom stereocenters. The van der Waals surface area contributed by atoms with E-state index in [1.165, 1.54) is 47.8 Å². The van der Waals surface area contributed by atoms with Gasteiger partial charge in [0.15, 0.2) is 5.82 Å². The highest BCUT2D eigenvalue weighted by Gasteiger charge is 2.50. The maximum atomic E-state index is 16.9. The average Bonchev–Trinajstić information content (AvgIpc) is 3.79. The van der Waals surface area contributed by atoms with Crippen molar-refractivity contribution in [3.05, 3.63) is 60.3 Å². The maximum absolute atomic E-state index is 16.9. The van der Waals surface area contributed by atoms with Crippen LogP contribution in [0.3, 0.4) is 0 Å². The second kappa shape index (κ2) is 11.9. The van der Waals surface area contributed by atoms with E-state index < -0.39 is 17.2 Å². The molecule has 12 nitrogen and oxygen atoms in total. The highest BCUT2D eigenvalue weighted by molar-refractivity contribution is 6.03. The van der Waals surface area contributed by atoms with Crippen molar-refractivity contribution in [1.29, 1.82) is 0 Å². The van der Waals surface area contributed by atoms with Crippen LogP contribution in [-0.4, -0.2) is 102 Å². The zero-order chi connectivity index (χ0) is 33.9. The van der Waals surface area contributed by atoms with E-state index >= 15 is 4.39 Å². The van der Waals surface area contributed by atoms with Gasteiger partial charge >= 0.3 is 12.0 Å². The lowest BCUT2D eigenvalue weighted by molar-refractivity contribution is 0.0117. The van der Waals surface area contributed by atoms with Crippen molar-refractivity contribution in [2.75, 3.05) is 44.7 Å². The lowest BCUT2D eigenvalue weighted by Gasteiger charge is -2.56. The van der Waals surface area contributed by atoms with E-state index in [1.54, 1.807) is 0 Å². The summed E-state index contributed by atoms with van der Waals surface area (Å²) in [6, 6.07) is 5.38. The minimum absolute atomic E-state index is 0.0127. The summed E-state index contributed by atoms with van der Waals surface area (Å²) in [6.45, 7) is 2.93. The van der Waals surface area contributed by atoms with Gasteiger partial charge in [0.25, 0.3) is 0 Å². The molecular weight excluding hydrogens is 632 g/mol. The van der Waals surface area contributed by atoms with Crippen LogP contribution in [0.4, 0.5) is 19.4 Å². The molecule has 14 heteroatoms. The molecule has 3 aliphatic heterocycles. The molecule has 0 bridgehead atoms. The van der Waals surface area contributed by atoms with E-state index in [-0.39, 0.29) is 51.6 Å². The molecule has 0 radical (unpaired) electrons. The fourth-order valence-electron chi connectivity index (χ4n) is 7.61. The molecule has 2 aromatic carbocycles. The van der Waals surface area contributed by atoms with E-state index in [1.807, 2.05) is 16.8 Å². The standard InChI is InChI=1S/C35H33F2N9O3/c1-3-24-27(36)8-7-21-14-23(47)15-25(28(21)24)30-29(37)31-26(16-39-30)32(42-33(41-31)49-17-22-6-4-11-43(22)2)44-12-5-9-35(18-44)10-13-45(35)34(48)46-20-38-19-40-46/h1,7-8,14-16,19-20,22,47H,4-6,9-13,17-18H2,2H3/t22-,35-/m0/s1. The minimum Gasteiger partial charge on any atom is -0.508 e. The Morgan fingerprint density at radius 3 is 2.78 bits per heavy atom. The fourth-order valence-corrected chi connectivity index (χ4v) is 7.61. The first-order valence-electron chi connectivity index (χ1n) is 16.3.